The van der Waals surface area contributed by atoms with Crippen LogP contribution in [0.5, 0.6) is 5.75 Å². The molecule has 0 spiro atoms. The molecule has 1 rings (SSSR count). The summed E-state index contributed by atoms with van der Waals surface area (Å²) in [6.07, 6.45) is 0. The van der Waals surface area contributed by atoms with Crippen molar-refractivity contribution in [1.82, 2.24) is 0 Å². The second kappa shape index (κ2) is 3.06. The lowest BCUT2D eigenvalue weighted by molar-refractivity contribution is -0.385. The molecule has 0 heterocycles. The van der Waals surface area contributed by atoms with Crippen LogP contribution in [0.1, 0.15) is 0 Å². The van der Waals surface area contributed by atoms with Gasteiger partial charge in [-0.2, -0.15) is 0 Å². The largest absolute Gasteiger partial charge is 0.506 e. The zero-order valence-electron chi connectivity index (χ0n) is 5.62. The highest BCUT2D eigenvalue weighted by atomic mass is 79.9. The normalized spacial score (nSPS) is 9.83. The van der Waals surface area contributed by atoms with Gasteiger partial charge >= 0.3 is 0 Å². The van der Waals surface area contributed by atoms with Crippen LogP contribution in [0.25, 0.3) is 0 Å². The number of non-ortho nitro benzene ring substituents is 1. The maximum Gasteiger partial charge on any atom is 0.276 e. The zero-order valence-corrected chi connectivity index (χ0v) is 7.21. The van der Waals surface area contributed by atoms with Gasteiger partial charge in [-0.05, 0) is 15.9 Å². The first-order chi connectivity index (χ1) is 5.52. The van der Waals surface area contributed by atoms with E-state index in [2.05, 4.69) is 15.9 Å². The average molecular weight is 236 g/mol. The van der Waals surface area contributed by atoms with Crippen molar-refractivity contribution < 1.29 is 14.4 Å². The molecule has 6 heteroatoms. The summed E-state index contributed by atoms with van der Waals surface area (Å²) in [5.41, 5.74) is -0.479. The summed E-state index contributed by atoms with van der Waals surface area (Å²) < 4.78 is 12.5. The van der Waals surface area contributed by atoms with Crippen molar-refractivity contribution in [3.05, 3.63) is 32.5 Å². The topological polar surface area (TPSA) is 63.4 Å². The molecule has 0 saturated heterocycles. The van der Waals surface area contributed by atoms with Gasteiger partial charge in [0.25, 0.3) is 5.69 Å². The number of phenols is 1. The Balaban J connectivity index is 3.31. The van der Waals surface area contributed by atoms with Gasteiger partial charge in [-0.3, -0.25) is 10.1 Å². The fourth-order valence-electron chi connectivity index (χ4n) is 0.666. The molecule has 0 bridgehead atoms. The fourth-order valence-corrected chi connectivity index (χ4v) is 0.895. The first kappa shape index (κ1) is 8.92. The zero-order chi connectivity index (χ0) is 9.30. The molecular formula is C6H3BrFNO3. The summed E-state index contributed by atoms with van der Waals surface area (Å²) in [6.45, 7) is 0. The lowest BCUT2D eigenvalue weighted by atomic mass is 10.3. The summed E-state index contributed by atoms with van der Waals surface area (Å²) >= 11 is 2.71. The molecule has 0 atom stereocenters. The van der Waals surface area contributed by atoms with Crippen molar-refractivity contribution in [2.45, 2.75) is 0 Å². The van der Waals surface area contributed by atoms with Gasteiger partial charge in [0.2, 0.25) is 0 Å². The van der Waals surface area contributed by atoms with E-state index in [1.165, 1.54) is 0 Å². The summed E-state index contributed by atoms with van der Waals surface area (Å²) in [7, 11) is 0. The maximum absolute atomic E-state index is 12.7. The molecule has 64 valence electrons. The van der Waals surface area contributed by atoms with Crippen LogP contribution in [-0.4, -0.2) is 10.0 Å². The lowest BCUT2D eigenvalue weighted by Gasteiger charge is -1.97. The quantitative estimate of drug-likeness (QED) is 0.600. The number of nitrogens with zero attached hydrogens (tertiary/aromatic N) is 1. The highest BCUT2D eigenvalue weighted by Gasteiger charge is 2.13. The van der Waals surface area contributed by atoms with Gasteiger partial charge in [0.1, 0.15) is 11.6 Å². The summed E-state index contributed by atoms with van der Waals surface area (Å²) in [4.78, 5) is 9.35. The van der Waals surface area contributed by atoms with Crippen LogP contribution in [0.3, 0.4) is 0 Å². The number of phenolic OH excluding ortho intramolecular Hbond substituents is 1. The number of halogens is 2. The van der Waals surface area contributed by atoms with E-state index in [9.17, 15) is 14.5 Å². The van der Waals surface area contributed by atoms with Gasteiger partial charge in [-0.15, -0.1) is 0 Å². The Morgan fingerprint density at radius 1 is 1.58 bits per heavy atom. The van der Waals surface area contributed by atoms with Crippen molar-refractivity contribution >= 4 is 21.6 Å². The molecule has 0 unspecified atom stereocenters. The predicted molar refractivity (Wildman–Crippen MR) is 42.4 cm³/mol. The molecule has 1 aromatic carbocycles. The number of hydrogen-bond acceptors (Lipinski definition) is 3. The Morgan fingerprint density at radius 3 is 2.58 bits per heavy atom. The second-order valence-electron chi connectivity index (χ2n) is 2.02. The van der Waals surface area contributed by atoms with Gasteiger partial charge in [0.05, 0.1) is 21.5 Å². The Hall–Kier alpha value is -1.17. The number of nitro benzene ring substituents is 1. The molecule has 0 aliphatic carbocycles. The van der Waals surface area contributed by atoms with E-state index in [0.717, 1.165) is 12.1 Å². The van der Waals surface area contributed by atoms with Gasteiger partial charge in [-0.25, -0.2) is 4.39 Å². The Morgan fingerprint density at radius 2 is 2.17 bits per heavy atom. The number of rotatable bonds is 1. The Bertz CT molecular complexity index is 319. The van der Waals surface area contributed by atoms with Crippen LogP contribution >= 0.6 is 15.9 Å². The first-order valence-corrected chi connectivity index (χ1v) is 3.64. The van der Waals surface area contributed by atoms with Gasteiger partial charge in [-0.1, -0.05) is 0 Å². The number of aromatic hydroxyl groups is 1. The summed E-state index contributed by atoms with van der Waals surface area (Å²) in [5.74, 6) is -1.34. The third-order valence-electron chi connectivity index (χ3n) is 1.20. The van der Waals surface area contributed by atoms with Crippen molar-refractivity contribution in [3.8, 4) is 5.75 Å². The van der Waals surface area contributed by atoms with Crippen molar-refractivity contribution in [1.29, 1.82) is 0 Å². The molecule has 0 aliphatic rings. The van der Waals surface area contributed by atoms with Gasteiger partial charge < -0.3 is 5.11 Å². The van der Waals surface area contributed by atoms with E-state index in [1.807, 2.05) is 0 Å². The lowest BCUT2D eigenvalue weighted by Crippen LogP contribution is -1.89. The molecule has 0 amide bonds. The number of benzene rings is 1. The molecule has 12 heavy (non-hydrogen) atoms. The minimum Gasteiger partial charge on any atom is -0.506 e. The standard InChI is InChI=1S/C6H3BrFNO3/c7-6-4(8)1-3(9(11)12)2-5(6)10/h1-2,10H. The first-order valence-electron chi connectivity index (χ1n) is 2.85. The monoisotopic (exact) mass is 235 g/mol. The smallest absolute Gasteiger partial charge is 0.276 e. The highest BCUT2D eigenvalue weighted by molar-refractivity contribution is 9.10. The number of nitro groups is 1. The van der Waals surface area contributed by atoms with E-state index < -0.39 is 22.2 Å². The van der Waals surface area contributed by atoms with Crippen molar-refractivity contribution in [2.75, 3.05) is 0 Å². The van der Waals surface area contributed by atoms with Crippen LogP contribution in [-0.2, 0) is 0 Å². The fraction of sp³-hybridized carbons (Fsp3) is 0. The van der Waals surface area contributed by atoms with Crippen LogP contribution in [0.2, 0.25) is 0 Å². The third-order valence-corrected chi connectivity index (χ3v) is 1.99. The van der Waals surface area contributed by atoms with Crippen molar-refractivity contribution in [3.63, 3.8) is 0 Å². The van der Waals surface area contributed by atoms with Crippen LogP contribution < -0.4 is 0 Å². The summed E-state index contributed by atoms with van der Waals surface area (Å²) in [6, 6.07) is 1.59. The van der Waals surface area contributed by atoms with E-state index in [0.29, 0.717) is 0 Å². The van der Waals surface area contributed by atoms with Crippen LogP contribution in [0.15, 0.2) is 16.6 Å². The van der Waals surface area contributed by atoms with E-state index in [1.54, 1.807) is 0 Å². The van der Waals surface area contributed by atoms with Gasteiger partial charge in [0, 0.05) is 0 Å². The molecule has 0 aliphatic heterocycles. The minimum atomic E-state index is -0.860. The highest BCUT2D eigenvalue weighted by Crippen LogP contribution is 2.30. The van der Waals surface area contributed by atoms with Gasteiger partial charge in [0.15, 0.2) is 0 Å². The molecule has 0 radical (unpaired) electrons. The predicted octanol–water partition coefficient (Wildman–Crippen LogP) is 2.20. The van der Waals surface area contributed by atoms with E-state index in [4.69, 9.17) is 5.11 Å². The SMILES string of the molecule is O=[N+]([O-])c1cc(O)c(Br)c(F)c1. The summed E-state index contributed by atoms with van der Waals surface area (Å²) in [5, 5.41) is 19.1. The number of hydrogen-bond donors (Lipinski definition) is 1. The molecule has 0 saturated carbocycles. The average Bonchev–Trinajstić information content (AvgIpc) is 1.99. The van der Waals surface area contributed by atoms with Crippen LogP contribution in [0.4, 0.5) is 10.1 Å². The van der Waals surface area contributed by atoms with E-state index >= 15 is 0 Å². The Kier molecular flexibility index (Phi) is 2.27. The minimum absolute atomic E-state index is 0.173. The molecule has 4 nitrogen and oxygen atoms in total. The third kappa shape index (κ3) is 1.53. The second-order valence-corrected chi connectivity index (χ2v) is 2.81. The molecule has 1 N–H and O–H groups in total. The Labute approximate surface area is 74.9 Å². The molecule has 0 aromatic heterocycles. The van der Waals surface area contributed by atoms with Crippen LogP contribution in [0, 0.1) is 15.9 Å². The molecule has 1 aromatic rings. The van der Waals surface area contributed by atoms with E-state index in [-0.39, 0.29) is 4.47 Å². The molecule has 0 fully saturated rings. The molecular weight excluding hydrogens is 233 g/mol. The van der Waals surface area contributed by atoms with Crippen molar-refractivity contribution in [2.24, 2.45) is 0 Å². The maximum atomic E-state index is 12.7.